The van der Waals surface area contributed by atoms with Crippen molar-refractivity contribution < 1.29 is 9.05 Å². The number of rotatable bonds is 7. The van der Waals surface area contributed by atoms with Gasteiger partial charge >= 0.3 is 5.69 Å². The molecule has 3 rings (SSSR count). The van der Waals surface area contributed by atoms with Crippen LogP contribution in [0.5, 0.6) is 11.5 Å². The number of para-hydroxylation sites is 2. The van der Waals surface area contributed by atoms with E-state index in [9.17, 15) is 0 Å². The molecular formula is C28H35O2PS2. The number of benzene rings is 3. The average Bonchev–Trinajstić information content (AvgIpc) is 2.73. The molecule has 0 aliphatic carbocycles. The quantitative estimate of drug-likeness (QED) is 0.302. The molecule has 0 aliphatic heterocycles. The van der Waals surface area contributed by atoms with E-state index in [1.807, 2.05) is 42.5 Å². The van der Waals surface area contributed by atoms with Crippen molar-refractivity contribution in [2.45, 2.75) is 64.5 Å². The zero-order valence-electron chi connectivity index (χ0n) is 20.7. The van der Waals surface area contributed by atoms with Gasteiger partial charge in [0, 0.05) is 5.25 Å². The Morgan fingerprint density at radius 1 is 0.667 bits per heavy atom. The first kappa shape index (κ1) is 25.9. The van der Waals surface area contributed by atoms with E-state index in [-0.39, 0.29) is 16.1 Å². The third-order valence-electron chi connectivity index (χ3n) is 5.37. The standard InChI is InChI=1S/C28H35O2PS2/c1-21(22-15-9-8-10-16-22)33-31(32,29-25-19-13-11-17-23(25)27(2,3)4)30-26-20-14-12-18-24(26)28(5,6)7/h8-21H,1-7H3. The highest BCUT2D eigenvalue weighted by Crippen LogP contribution is 2.65. The van der Waals surface area contributed by atoms with Gasteiger partial charge < -0.3 is 9.05 Å². The second-order valence-electron chi connectivity index (χ2n) is 10.3. The minimum Gasteiger partial charge on any atom is -0.428 e. The Bertz CT molecular complexity index is 1050. The molecule has 0 aromatic heterocycles. The first-order valence-electron chi connectivity index (χ1n) is 11.3. The molecule has 0 saturated heterocycles. The Hall–Kier alpha value is -1.74. The van der Waals surface area contributed by atoms with Crippen LogP contribution in [0.3, 0.4) is 0 Å². The number of hydrogen-bond acceptors (Lipinski definition) is 4. The Morgan fingerprint density at radius 3 is 1.48 bits per heavy atom. The number of hydrogen-bond donors (Lipinski definition) is 0. The smallest absolute Gasteiger partial charge is 0.349 e. The summed E-state index contributed by atoms with van der Waals surface area (Å²) in [5, 5.41) is 0.126. The Morgan fingerprint density at radius 2 is 1.06 bits per heavy atom. The van der Waals surface area contributed by atoms with Gasteiger partial charge in [-0.05, 0) is 69.8 Å². The predicted molar refractivity (Wildman–Crippen MR) is 148 cm³/mol. The zero-order chi connectivity index (χ0) is 24.3. The van der Waals surface area contributed by atoms with Gasteiger partial charge in [0.25, 0.3) is 0 Å². The van der Waals surface area contributed by atoms with Gasteiger partial charge in [0.15, 0.2) is 0 Å². The summed E-state index contributed by atoms with van der Waals surface area (Å²) in [6.07, 6.45) is 0. The monoisotopic (exact) mass is 498 g/mol. The molecule has 0 radical (unpaired) electrons. The summed E-state index contributed by atoms with van der Waals surface area (Å²) in [6.45, 7) is 15.3. The summed E-state index contributed by atoms with van der Waals surface area (Å²) in [5.41, 5.74) is 0.481. The highest BCUT2D eigenvalue weighted by Gasteiger charge is 2.32. The van der Waals surface area contributed by atoms with Crippen LogP contribution in [-0.4, -0.2) is 0 Å². The van der Waals surface area contributed by atoms with Crippen molar-refractivity contribution in [2.24, 2.45) is 0 Å². The zero-order valence-corrected chi connectivity index (χ0v) is 23.2. The van der Waals surface area contributed by atoms with Crippen LogP contribution in [0.2, 0.25) is 0 Å². The minimum absolute atomic E-state index is 0.0736. The van der Waals surface area contributed by atoms with Gasteiger partial charge in [0.05, 0.1) is 0 Å². The van der Waals surface area contributed by atoms with Gasteiger partial charge in [0.1, 0.15) is 11.5 Å². The van der Waals surface area contributed by atoms with Crippen molar-refractivity contribution in [1.29, 1.82) is 0 Å². The van der Waals surface area contributed by atoms with Gasteiger partial charge in [-0.25, -0.2) is 0 Å². The van der Waals surface area contributed by atoms with E-state index in [2.05, 4.69) is 84.9 Å². The van der Waals surface area contributed by atoms with Crippen LogP contribution < -0.4 is 9.05 Å². The van der Waals surface area contributed by atoms with Crippen molar-refractivity contribution in [3.63, 3.8) is 0 Å². The van der Waals surface area contributed by atoms with Crippen LogP contribution in [0, 0.1) is 0 Å². The maximum Gasteiger partial charge on any atom is 0.349 e. The van der Waals surface area contributed by atoms with E-state index in [1.54, 1.807) is 11.4 Å². The largest absolute Gasteiger partial charge is 0.428 e. The van der Waals surface area contributed by atoms with Crippen molar-refractivity contribution in [3.8, 4) is 11.5 Å². The summed E-state index contributed by atoms with van der Waals surface area (Å²) in [5.74, 6) is 1.60. The van der Waals surface area contributed by atoms with Crippen molar-refractivity contribution >= 4 is 28.9 Å². The third kappa shape index (κ3) is 6.88. The van der Waals surface area contributed by atoms with Crippen molar-refractivity contribution in [3.05, 3.63) is 95.6 Å². The molecule has 0 fully saturated rings. The Kier molecular flexibility index (Phi) is 8.04. The molecule has 0 amide bonds. The van der Waals surface area contributed by atoms with Gasteiger partial charge in [-0.3, -0.25) is 0 Å². The molecule has 0 aliphatic rings. The Balaban J connectivity index is 2.04. The molecule has 1 atom stereocenters. The van der Waals surface area contributed by atoms with Crippen molar-refractivity contribution in [1.82, 2.24) is 0 Å². The summed E-state index contributed by atoms with van der Waals surface area (Å²) in [7, 11) is 0. The van der Waals surface area contributed by atoms with E-state index in [1.165, 1.54) is 5.56 Å². The molecule has 1 unspecified atom stereocenters. The lowest BCUT2D eigenvalue weighted by atomic mass is 9.86. The highest BCUT2D eigenvalue weighted by atomic mass is 32.9. The first-order chi connectivity index (χ1) is 15.4. The third-order valence-corrected chi connectivity index (χ3v) is 10.4. The molecule has 0 heterocycles. The molecule has 3 aromatic carbocycles. The highest BCUT2D eigenvalue weighted by molar-refractivity contribution is 8.68. The second kappa shape index (κ2) is 10.3. The fourth-order valence-electron chi connectivity index (χ4n) is 3.61. The van der Waals surface area contributed by atoms with E-state index < -0.39 is 5.69 Å². The van der Waals surface area contributed by atoms with Crippen LogP contribution in [-0.2, 0) is 22.6 Å². The Labute approximate surface area is 209 Å². The van der Waals surface area contributed by atoms with Gasteiger partial charge in [-0.15, -0.1) is 0 Å². The lowest BCUT2D eigenvalue weighted by Gasteiger charge is -2.31. The topological polar surface area (TPSA) is 18.5 Å². The van der Waals surface area contributed by atoms with E-state index in [0.717, 1.165) is 22.6 Å². The fraction of sp³-hybridized carbons (Fsp3) is 0.357. The average molecular weight is 499 g/mol. The normalized spacial score (nSPS) is 13.4. The fourth-order valence-corrected chi connectivity index (χ4v) is 9.11. The van der Waals surface area contributed by atoms with Gasteiger partial charge in [-0.2, -0.15) is 0 Å². The van der Waals surface area contributed by atoms with E-state index in [4.69, 9.17) is 20.9 Å². The predicted octanol–water partition coefficient (Wildman–Crippen LogP) is 9.46. The molecule has 33 heavy (non-hydrogen) atoms. The van der Waals surface area contributed by atoms with E-state index >= 15 is 0 Å². The second-order valence-corrected chi connectivity index (χ2v) is 16.7. The molecule has 0 N–H and O–H groups in total. The van der Waals surface area contributed by atoms with E-state index in [0.29, 0.717) is 0 Å². The molecule has 0 spiro atoms. The lowest BCUT2D eigenvalue weighted by Crippen LogP contribution is -2.15. The van der Waals surface area contributed by atoms with Crippen LogP contribution in [0.4, 0.5) is 0 Å². The molecular weight excluding hydrogens is 463 g/mol. The van der Waals surface area contributed by atoms with Crippen LogP contribution in [0.25, 0.3) is 0 Å². The molecule has 0 saturated carbocycles. The van der Waals surface area contributed by atoms with Crippen LogP contribution in [0.1, 0.15) is 70.4 Å². The summed E-state index contributed by atoms with van der Waals surface area (Å²) >= 11 is 7.85. The molecule has 3 aromatic rings. The summed E-state index contributed by atoms with van der Waals surface area (Å²) < 4.78 is 13.4. The summed E-state index contributed by atoms with van der Waals surface area (Å²) in [4.78, 5) is 0. The maximum absolute atomic E-state index is 6.69. The molecule has 2 nitrogen and oxygen atoms in total. The lowest BCUT2D eigenvalue weighted by molar-refractivity contribution is 0.472. The van der Waals surface area contributed by atoms with Gasteiger partial charge in [-0.1, -0.05) is 108 Å². The van der Waals surface area contributed by atoms with Crippen LogP contribution in [0.15, 0.2) is 78.9 Å². The SMILES string of the molecule is CC(SP(=S)(Oc1ccccc1C(C)(C)C)Oc1ccccc1C(C)(C)C)c1ccccc1. The molecule has 5 heteroatoms. The summed E-state index contributed by atoms with van der Waals surface area (Å²) in [6, 6.07) is 26.7. The van der Waals surface area contributed by atoms with Crippen LogP contribution >= 0.6 is 17.1 Å². The maximum atomic E-state index is 6.69. The first-order valence-corrected chi connectivity index (χ1v) is 15.4. The molecule has 176 valence electrons. The van der Waals surface area contributed by atoms with Crippen molar-refractivity contribution in [2.75, 3.05) is 0 Å². The molecule has 0 bridgehead atoms. The minimum atomic E-state index is -2.83. The van der Waals surface area contributed by atoms with Gasteiger partial charge in [0.2, 0.25) is 0 Å².